The molecule has 0 saturated heterocycles. The van der Waals surface area contributed by atoms with E-state index in [0.29, 0.717) is 6.61 Å². The lowest BCUT2D eigenvalue weighted by Gasteiger charge is -2.21. The molecule has 0 spiro atoms. The van der Waals surface area contributed by atoms with E-state index in [9.17, 15) is 0 Å². The molecule has 94 valence electrons. The molecule has 0 aliphatic heterocycles. The Kier molecular flexibility index (Phi) is 7.47. The molecule has 1 atom stereocenters. The van der Waals surface area contributed by atoms with Crippen molar-refractivity contribution in [3.05, 3.63) is 11.6 Å². The molecule has 0 heterocycles. The fraction of sp³-hybridized carbons (Fsp3) is 0.846. The van der Waals surface area contributed by atoms with E-state index in [0.717, 1.165) is 13.0 Å². The summed E-state index contributed by atoms with van der Waals surface area (Å²) in [6, 6.07) is 0.213. The average molecular weight is 226 g/mol. The summed E-state index contributed by atoms with van der Waals surface area (Å²) in [4.78, 5) is 0. The predicted octanol–water partition coefficient (Wildman–Crippen LogP) is 2.53. The fourth-order valence-corrected chi connectivity index (χ4v) is 2.14. The Morgan fingerprint density at radius 2 is 2.19 bits per heavy atom. The molecule has 0 radical (unpaired) electrons. The standard InChI is InChI=1S/C13H26N2O/c1-2-10-16-11-13(15-14)12-8-6-4-3-5-7-9-12/h8,13,15H,2-7,9-11,14H2,1H3. The molecule has 1 aliphatic rings. The molecule has 16 heavy (non-hydrogen) atoms. The number of ether oxygens (including phenoxy) is 1. The van der Waals surface area contributed by atoms with Crippen LogP contribution in [0.3, 0.4) is 0 Å². The molecule has 3 N–H and O–H groups in total. The Balaban J connectivity index is 2.41. The molecule has 0 aromatic carbocycles. The molecule has 3 heteroatoms. The Morgan fingerprint density at radius 1 is 1.38 bits per heavy atom. The van der Waals surface area contributed by atoms with E-state index in [1.165, 1.54) is 44.1 Å². The van der Waals surface area contributed by atoms with Crippen LogP contribution in [0.25, 0.3) is 0 Å². The van der Waals surface area contributed by atoms with Crippen molar-refractivity contribution in [3.8, 4) is 0 Å². The third-order valence-electron chi connectivity index (χ3n) is 3.11. The molecule has 1 rings (SSSR count). The van der Waals surface area contributed by atoms with Crippen molar-refractivity contribution >= 4 is 0 Å². The minimum atomic E-state index is 0.213. The van der Waals surface area contributed by atoms with Gasteiger partial charge in [0.2, 0.25) is 0 Å². The lowest BCUT2D eigenvalue weighted by Crippen LogP contribution is -2.40. The van der Waals surface area contributed by atoms with Gasteiger partial charge in [0.05, 0.1) is 12.6 Å². The summed E-state index contributed by atoms with van der Waals surface area (Å²) >= 11 is 0. The summed E-state index contributed by atoms with van der Waals surface area (Å²) in [7, 11) is 0. The van der Waals surface area contributed by atoms with Crippen LogP contribution in [0.5, 0.6) is 0 Å². The number of hydrogen-bond donors (Lipinski definition) is 2. The number of rotatable bonds is 6. The zero-order valence-corrected chi connectivity index (χ0v) is 10.5. The Hall–Kier alpha value is -0.380. The summed E-state index contributed by atoms with van der Waals surface area (Å²) in [5, 5.41) is 0. The van der Waals surface area contributed by atoms with E-state index in [4.69, 9.17) is 10.6 Å². The normalized spacial score (nSPS) is 19.8. The van der Waals surface area contributed by atoms with Crippen molar-refractivity contribution in [3.63, 3.8) is 0 Å². The highest BCUT2D eigenvalue weighted by molar-refractivity contribution is 5.11. The Labute approximate surface area is 99.4 Å². The van der Waals surface area contributed by atoms with E-state index < -0.39 is 0 Å². The molecule has 0 aromatic heterocycles. The van der Waals surface area contributed by atoms with Gasteiger partial charge in [-0.15, -0.1) is 0 Å². The molecular formula is C13H26N2O. The minimum absolute atomic E-state index is 0.213. The van der Waals surface area contributed by atoms with Crippen molar-refractivity contribution in [1.82, 2.24) is 5.43 Å². The second kappa shape index (κ2) is 8.74. The van der Waals surface area contributed by atoms with E-state index in [2.05, 4.69) is 18.4 Å². The summed E-state index contributed by atoms with van der Waals surface area (Å²) in [5.74, 6) is 5.61. The fourth-order valence-electron chi connectivity index (χ4n) is 2.14. The quantitative estimate of drug-likeness (QED) is 0.317. The molecule has 0 saturated carbocycles. The van der Waals surface area contributed by atoms with Gasteiger partial charge >= 0.3 is 0 Å². The first-order valence-electron chi connectivity index (χ1n) is 6.61. The van der Waals surface area contributed by atoms with Gasteiger partial charge in [-0.2, -0.15) is 0 Å². The zero-order chi connectivity index (χ0) is 11.6. The first kappa shape index (κ1) is 13.7. The third kappa shape index (κ3) is 5.10. The van der Waals surface area contributed by atoms with Crippen LogP contribution in [0.1, 0.15) is 51.9 Å². The van der Waals surface area contributed by atoms with Gasteiger partial charge in [0, 0.05) is 6.61 Å². The monoisotopic (exact) mass is 226 g/mol. The molecule has 3 nitrogen and oxygen atoms in total. The SMILES string of the molecule is CCCOCC(NN)C1=CCCCCCC1. The van der Waals surface area contributed by atoms with E-state index in [1.54, 1.807) is 0 Å². The lowest BCUT2D eigenvalue weighted by molar-refractivity contribution is 0.119. The molecular weight excluding hydrogens is 200 g/mol. The predicted molar refractivity (Wildman–Crippen MR) is 68.0 cm³/mol. The van der Waals surface area contributed by atoms with Crippen LogP contribution in [-0.2, 0) is 4.74 Å². The van der Waals surface area contributed by atoms with Crippen LogP contribution in [0.15, 0.2) is 11.6 Å². The first-order valence-corrected chi connectivity index (χ1v) is 6.61. The molecule has 0 fully saturated rings. The molecule has 1 aliphatic carbocycles. The van der Waals surface area contributed by atoms with E-state index >= 15 is 0 Å². The average Bonchev–Trinajstić information content (AvgIpc) is 2.25. The third-order valence-corrected chi connectivity index (χ3v) is 3.11. The highest BCUT2D eigenvalue weighted by atomic mass is 16.5. The van der Waals surface area contributed by atoms with Gasteiger partial charge in [-0.1, -0.05) is 31.4 Å². The maximum absolute atomic E-state index is 5.61. The molecule has 0 aromatic rings. The van der Waals surface area contributed by atoms with Crippen molar-refractivity contribution < 1.29 is 4.74 Å². The number of allylic oxidation sites excluding steroid dienone is 1. The summed E-state index contributed by atoms with van der Waals surface area (Å²) < 4.78 is 5.58. The topological polar surface area (TPSA) is 47.3 Å². The van der Waals surface area contributed by atoms with Crippen LogP contribution in [0.4, 0.5) is 0 Å². The second-order valence-corrected chi connectivity index (χ2v) is 4.53. The molecule has 1 unspecified atom stereocenters. The number of nitrogens with two attached hydrogens (primary N) is 1. The van der Waals surface area contributed by atoms with Gasteiger partial charge in [-0.25, -0.2) is 0 Å². The van der Waals surface area contributed by atoms with Crippen molar-refractivity contribution in [1.29, 1.82) is 0 Å². The van der Waals surface area contributed by atoms with Gasteiger partial charge in [0.15, 0.2) is 0 Å². The maximum atomic E-state index is 5.61. The van der Waals surface area contributed by atoms with E-state index in [-0.39, 0.29) is 6.04 Å². The van der Waals surface area contributed by atoms with Crippen molar-refractivity contribution in [2.24, 2.45) is 5.84 Å². The lowest BCUT2D eigenvalue weighted by atomic mass is 9.95. The van der Waals surface area contributed by atoms with Gasteiger partial charge < -0.3 is 4.74 Å². The van der Waals surface area contributed by atoms with Crippen LogP contribution >= 0.6 is 0 Å². The largest absolute Gasteiger partial charge is 0.379 e. The number of hydrogen-bond acceptors (Lipinski definition) is 3. The smallest absolute Gasteiger partial charge is 0.0671 e. The zero-order valence-electron chi connectivity index (χ0n) is 10.5. The van der Waals surface area contributed by atoms with Gasteiger partial charge in [-0.05, 0) is 32.1 Å². The summed E-state index contributed by atoms with van der Waals surface area (Å²) in [6.45, 7) is 3.65. The molecule has 0 bridgehead atoms. The summed E-state index contributed by atoms with van der Waals surface area (Å²) in [6.07, 6.45) is 11.1. The second-order valence-electron chi connectivity index (χ2n) is 4.53. The number of nitrogens with one attached hydrogen (secondary N) is 1. The Morgan fingerprint density at radius 3 is 2.94 bits per heavy atom. The highest BCUT2D eigenvalue weighted by Gasteiger charge is 2.13. The minimum Gasteiger partial charge on any atom is -0.379 e. The Bertz CT molecular complexity index is 204. The van der Waals surface area contributed by atoms with Crippen LogP contribution in [-0.4, -0.2) is 19.3 Å². The van der Waals surface area contributed by atoms with Gasteiger partial charge in [-0.3, -0.25) is 11.3 Å². The van der Waals surface area contributed by atoms with Crippen molar-refractivity contribution in [2.75, 3.05) is 13.2 Å². The van der Waals surface area contributed by atoms with Gasteiger partial charge in [0.1, 0.15) is 0 Å². The van der Waals surface area contributed by atoms with Crippen molar-refractivity contribution in [2.45, 2.75) is 57.9 Å². The molecule has 0 amide bonds. The number of hydrazine groups is 1. The van der Waals surface area contributed by atoms with Gasteiger partial charge in [0.25, 0.3) is 0 Å². The van der Waals surface area contributed by atoms with Crippen LogP contribution in [0, 0.1) is 0 Å². The van der Waals surface area contributed by atoms with Crippen LogP contribution < -0.4 is 11.3 Å². The van der Waals surface area contributed by atoms with E-state index in [1.807, 2.05) is 0 Å². The van der Waals surface area contributed by atoms with Crippen LogP contribution in [0.2, 0.25) is 0 Å². The maximum Gasteiger partial charge on any atom is 0.0671 e. The first-order chi connectivity index (χ1) is 7.88. The highest BCUT2D eigenvalue weighted by Crippen LogP contribution is 2.19. The summed E-state index contributed by atoms with van der Waals surface area (Å²) in [5.41, 5.74) is 4.33.